The summed E-state index contributed by atoms with van der Waals surface area (Å²) in [5.74, 6) is 0.633. The monoisotopic (exact) mass is 257 g/mol. The van der Waals surface area contributed by atoms with Gasteiger partial charge in [0.05, 0.1) is 5.92 Å². The van der Waals surface area contributed by atoms with E-state index in [-0.39, 0.29) is 17.8 Å². The van der Waals surface area contributed by atoms with Gasteiger partial charge >= 0.3 is 0 Å². The minimum atomic E-state index is -3.20. The Hall–Kier alpha value is -1.21. The fourth-order valence-electron chi connectivity index (χ4n) is 1.66. The molecule has 1 heterocycles. The molecule has 0 saturated heterocycles. The van der Waals surface area contributed by atoms with Gasteiger partial charge in [-0.25, -0.2) is 8.42 Å². The van der Waals surface area contributed by atoms with E-state index in [1.165, 1.54) is 0 Å². The summed E-state index contributed by atoms with van der Waals surface area (Å²) in [7, 11) is -3.20. The maximum atomic E-state index is 11.4. The fraction of sp³-hybridized carbons (Fsp3) is 0.600. The third-order valence-electron chi connectivity index (χ3n) is 2.90. The summed E-state index contributed by atoms with van der Waals surface area (Å²) in [4.78, 5) is 4.13. The molecule has 0 radical (unpaired) electrons. The summed E-state index contributed by atoms with van der Waals surface area (Å²) in [6, 6.07) is 0.00248. The van der Waals surface area contributed by atoms with Crippen LogP contribution in [0.25, 0.3) is 0 Å². The predicted molar refractivity (Wildman–Crippen MR) is 62.0 cm³/mol. The molecule has 3 unspecified atom stereocenters. The number of nitrogens with two attached hydrogens (primary N) is 1. The SMILES string of the molecule is CC(c1noc(C2C=CC(N)C2)n1)S(C)(=O)=O. The standard InChI is InChI=1S/C10H15N3O3S/c1-6(17(2,14)15)9-12-10(16-13-9)7-3-4-8(11)5-7/h3-4,6-8H,5,11H2,1-2H3. The largest absolute Gasteiger partial charge is 0.339 e. The number of hydrogen-bond donors (Lipinski definition) is 1. The van der Waals surface area contributed by atoms with Crippen molar-refractivity contribution in [2.75, 3.05) is 6.26 Å². The number of hydrogen-bond acceptors (Lipinski definition) is 6. The zero-order chi connectivity index (χ0) is 12.6. The Morgan fingerprint density at radius 1 is 1.53 bits per heavy atom. The van der Waals surface area contributed by atoms with E-state index in [1.54, 1.807) is 6.92 Å². The van der Waals surface area contributed by atoms with Crippen LogP contribution in [0.3, 0.4) is 0 Å². The maximum Gasteiger partial charge on any atom is 0.233 e. The van der Waals surface area contributed by atoms with Crippen molar-refractivity contribution in [3.05, 3.63) is 23.9 Å². The topological polar surface area (TPSA) is 99.1 Å². The molecular formula is C10H15N3O3S. The molecule has 1 aliphatic carbocycles. The molecule has 0 bridgehead atoms. The first-order chi connectivity index (χ1) is 7.88. The molecule has 2 N–H and O–H groups in total. The van der Waals surface area contributed by atoms with E-state index in [0.29, 0.717) is 5.89 Å². The second kappa shape index (κ2) is 4.23. The number of rotatable bonds is 3. The van der Waals surface area contributed by atoms with Crippen LogP contribution in [-0.2, 0) is 9.84 Å². The van der Waals surface area contributed by atoms with Crippen LogP contribution in [0.2, 0.25) is 0 Å². The molecule has 3 atom stereocenters. The van der Waals surface area contributed by atoms with Crippen molar-refractivity contribution in [3.8, 4) is 0 Å². The van der Waals surface area contributed by atoms with E-state index < -0.39 is 15.1 Å². The Bertz CT molecular complexity index is 535. The van der Waals surface area contributed by atoms with Gasteiger partial charge in [0, 0.05) is 12.3 Å². The lowest BCUT2D eigenvalue weighted by Gasteiger charge is -2.03. The van der Waals surface area contributed by atoms with Crippen molar-refractivity contribution in [1.82, 2.24) is 10.1 Å². The molecule has 17 heavy (non-hydrogen) atoms. The molecule has 1 aliphatic rings. The van der Waals surface area contributed by atoms with Gasteiger partial charge < -0.3 is 10.3 Å². The lowest BCUT2D eigenvalue weighted by atomic mass is 10.1. The minimum Gasteiger partial charge on any atom is -0.339 e. The Kier molecular flexibility index (Phi) is 3.05. The smallest absolute Gasteiger partial charge is 0.233 e. The van der Waals surface area contributed by atoms with Gasteiger partial charge in [0.15, 0.2) is 15.7 Å². The first kappa shape index (κ1) is 12.3. The molecule has 7 heteroatoms. The molecule has 1 aromatic rings. The van der Waals surface area contributed by atoms with Crippen molar-refractivity contribution in [2.45, 2.75) is 30.6 Å². The van der Waals surface area contributed by atoms with Gasteiger partial charge in [-0.05, 0) is 13.3 Å². The van der Waals surface area contributed by atoms with Gasteiger partial charge in [-0.15, -0.1) is 0 Å². The molecule has 0 fully saturated rings. The predicted octanol–water partition coefficient (Wildman–Crippen LogP) is 0.546. The highest BCUT2D eigenvalue weighted by atomic mass is 32.2. The molecule has 0 aliphatic heterocycles. The molecule has 0 saturated carbocycles. The third-order valence-corrected chi connectivity index (χ3v) is 4.39. The third kappa shape index (κ3) is 2.55. The zero-order valence-electron chi connectivity index (χ0n) is 9.70. The van der Waals surface area contributed by atoms with Crippen molar-refractivity contribution in [1.29, 1.82) is 0 Å². The summed E-state index contributed by atoms with van der Waals surface area (Å²) in [5, 5.41) is 2.96. The summed E-state index contributed by atoms with van der Waals surface area (Å²) < 4.78 is 27.8. The summed E-state index contributed by atoms with van der Waals surface area (Å²) in [6.07, 6.45) is 5.66. The van der Waals surface area contributed by atoms with Gasteiger partial charge in [0.25, 0.3) is 0 Å². The van der Waals surface area contributed by atoms with Crippen LogP contribution in [0.15, 0.2) is 16.7 Å². The van der Waals surface area contributed by atoms with Gasteiger partial charge in [-0.2, -0.15) is 4.98 Å². The van der Waals surface area contributed by atoms with E-state index in [1.807, 2.05) is 12.2 Å². The fourth-order valence-corrected chi connectivity index (χ4v) is 2.14. The van der Waals surface area contributed by atoms with E-state index in [4.69, 9.17) is 10.3 Å². The molecule has 0 aromatic carbocycles. The number of sulfone groups is 1. The minimum absolute atomic E-state index is 0.00184. The normalized spacial score (nSPS) is 26.3. The zero-order valence-corrected chi connectivity index (χ0v) is 10.5. The number of aromatic nitrogens is 2. The summed E-state index contributed by atoms with van der Waals surface area (Å²) in [6.45, 7) is 1.54. The molecule has 6 nitrogen and oxygen atoms in total. The lowest BCUT2D eigenvalue weighted by Crippen LogP contribution is -2.14. The quantitative estimate of drug-likeness (QED) is 0.794. The van der Waals surface area contributed by atoms with Crippen LogP contribution >= 0.6 is 0 Å². The van der Waals surface area contributed by atoms with Crippen molar-refractivity contribution in [3.63, 3.8) is 0 Å². The number of allylic oxidation sites excluding steroid dienone is 1. The Balaban J connectivity index is 2.20. The van der Waals surface area contributed by atoms with Gasteiger partial charge in [-0.1, -0.05) is 17.3 Å². The lowest BCUT2D eigenvalue weighted by molar-refractivity contribution is 0.359. The van der Waals surface area contributed by atoms with Crippen LogP contribution in [-0.4, -0.2) is 30.9 Å². The van der Waals surface area contributed by atoms with E-state index in [9.17, 15) is 8.42 Å². The van der Waals surface area contributed by atoms with Crippen molar-refractivity contribution >= 4 is 9.84 Å². The Morgan fingerprint density at radius 2 is 2.24 bits per heavy atom. The maximum absolute atomic E-state index is 11.4. The van der Waals surface area contributed by atoms with Gasteiger partial charge in [-0.3, -0.25) is 0 Å². The Labute approximate surface area is 99.8 Å². The molecule has 94 valence electrons. The van der Waals surface area contributed by atoms with Crippen LogP contribution in [0.4, 0.5) is 0 Å². The second-order valence-electron chi connectivity index (χ2n) is 4.35. The highest BCUT2D eigenvalue weighted by molar-refractivity contribution is 7.90. The van der Waals surface area contributed by atoms with Crippen LogP contribution in [0.5, 0.6) is 0 Å². The van der Waals surface area contributed by atoms with E-state index >= 15 is 0 Å². The van der Waals surface area contributed by atoms with Crippen LogP contribution in [0, 0.1) is 0 Å². The highest BCUT2D eigenvalue weighted by Crippen LogP contribution is 2.28. The van der Waals surface area contributed by atoms with Crippen LogP contribution in [0.1, 0.15) is 36.2 Å². The summed E-state index contributed by atoms with van der Waals surface area (Å²) in [5.41, 5.74) is 5.73. The first-order valence-corrected chi connectivity index (χ1v) is 7.29. The van der Waals surface area contributed by atoms with Gasteiger partial charge in [0.2, 0.25) is 5.89 Å². The molecule has 2 rings (SSSR count). The van der Waals surface area contributed by atoms with Crippen molar-refractivity contribution < 1.29 is 12.9 Å². The van der Waals surface area contributed by atoms with E-state index in [2.05, 4.69) is 10.1 Å². The molecule has 1 aromatic heterocycles. The first-order valence-electron chi connectivity index (χ1n) is 5.34. The second-order valence-corrected chi connectivity index (χ2v) is 6.72. The van der Waals surface area contributed by atoms with E-state index in [0.717, 1.165) is 12.7 Å². The summed E-state index contributed by atoms with van der Waals surface area (Å²) >= 11 is 0. The molecular weight excluding hydrogens is 242 g/mol. The number of nitrogens with zero attached hydrogens (tertiary/aromatic N) is 2. The van der Waals surface area contributed by atoms with Crippen LogP contribution < -0.4 is 5.73 Å². The highest BCUT2D eigenvalue weighted by Gasteiger charge is 2.27. The molecule has 0 amide bonds. The molecule has 0 spiro atoms. The van der Waals surface area contributed by atoms with Crippen molar-refractivity contribution in [2.24, 2.45) is 5.73 Å². The average molecular weight is 257 g/mol. The van der Waals surface area contributed by atoms with Gasteiger partial charge in [0.1, 0.15) is 5.25 Å². The Morgan fingerprint density at radius 3 is 2.76 bits per heavy atom. The average Bonchev–Trinajstić information content (AvgIpc) is 2.83.